The van der Waals surface area contributed by atoms with Crippen molar-refractivity contribution in [3.63, 3.8) is 0 Å². The van der Waals surface area contributed by atoms with Gasteiger partial charge < -0.3 is 10.1 Å². The SMILES string of the molecule is CNC(COC)CSc1ccccc1Cl. The van der Waals surface area contributed by atoms with E-state index >= 15 is 0 Å². The van der Waals surface area contributed by atoms with Crippen molar-refractivity contribution in [1.29, 1.82) is 0 Å². The number of methoxy groups -OCH3 is 1. The van der Waals surface area contributed by atoms with Gasteiger partial charge in [0.05, 0.1) is 11.6 Å². The standard InChI is InChI=1S/C11H16ClNOS/c1-13-9(7-14-2)8-15-11-6-4-3-5-10(11)12/h3-6,9,13H,7-8H2,1-2H3. The minimum absolute atomic E-state index is 0.358. The lowest BCUT2D eigenvalue weighted by Crippen LogP contribution is -2.32. The zero-order chi connectivity index (χ0) is 11.1. The summed E-state index contributed by atoms with van der Waals surface area (Å²) in [5.74, 6) is 0.952. The fourth-order valence-electron chi connectivity index (χ4n) is 1.17. The van der Waals surface area contributed by atoms with E-state index in [1.54, 1.807) is 18.9 Å². The summed E-state index contributed by atoms with van der Waals surface area (Å²) in [7, 11) is 3.65. The summed E-state index contributed by atoms with van der Waals surface area (Å²) < 4.78 is 5.10. The molecule has 2 nitrogen and oxygen atoms in total. The third kappa shape index (κ3) is 4.43. The molecular formula is C11H16ClNOS. The molecule has 15 heavy (non-hydrogen) atoms. The van der Waals surface area contributed by atoms with Crippen LogP contribution in [0.1, 0.15) is 0 Å². The molecule has 1 atom stereocenters. The van der Waals surface area contributed by atoms with Crippen LogP contribution in [0.5, 0.6) is 0 Å². The highest BCUT2D eigenvalue weighted by atomic mass is 35.5. The average Bonchev–Trinajstić information content (AvgIpc) is 2.26. The summed E-state index contributed by atoms with van der Waals surface area (Å²) in [6.45, 7) is 0.716. The third-order valence-corrected chi connectivity index (χ3v) is 3.73. The average molecular weight is 246 g/mol. The third-order valence-electron chi connectivity index (χ3n) is 2.05. The summed E-state index contributed by atoms with van der Waals surface area (Å²) in [5.41, 5.74) is 0. The quantitative estimate of drug-likeness (QED) is 0.779. The summed E-state index contributed by atoms with van der Waals surface area (Å²) in [5, 5.41) is 4.02. The van der Waals surface area contributed by atoms with Gasteiger partial charge in [-0.25, -0.2) is 0 Å². The van der Waals surface area contributed by atoms with Crippen LogP contribution < -0.4 is 5.32 Å². The first-order valence-electron chi connectivity index (χ1n) is 4.81. The number of hydrogen-bond acceptors (Lipinski definition) is 3. The molecule has 1 unspecified atom stereocenters. The highest BCUT2D eigenvalue weighted by Crippen LogP contribution is 2.26. The Balaban J connectivity index is 2.45. The highest BCUT2D eigenvalue weighted by molar-refractivity contribution is 7.99. The molecule has 4 heteroatoms. The lowest BCUT2D eigenvalue weighted by Gasteiger charge is -2.14. The summed E-state index contributed by atoms with van der Waals surface area (Å²) >= 11 is 7.80. The lowest BCUT2D eigenvalue weighted by atomic mass is 10.4. The van der Waals surface area contributed by atoms with E-state index < -0.39 is 0 Å². The second-order valence-electron chi connectivity index (χ2n) is 3.18. The summed E-state index contributed by atoms with van der Waals surface area (Å²) in [6.07, 6.45) is 0. The van der Waals surface area contributed by atoms with Gasteiger partial charge in [-0.2, -0.15) is 0 Å². The van der Waals surface area contributed by atoms with Crippen LogP contribution >= 0.6 is 23.4 Å². The number of halogens is 1. The van der Waals surface area contributed by atoms with Gasteiger partial charge in [-0.05, 0) is 19.2 Å². The monoisotopic (exact) mass is 245 g/mol. The molecule has 1 N–H and O–H groups in total. The maximum Gasteiger partial charge on any atom is 0.0623 e. The van der Waals surface area contributed by atoms with E-state index in [9.17, 15) is 0 Å². The van der Waals surface area contributed by atoms with Crippen LogP contribution in [0.2, 0.25) is 5.02 Å². The minimum Gasteiger partial charge on any atom is -0.383 e. The first-order valence-corrected chi connectivity index (χ1v) is 6.17. The van der Waals surface area contributed by atoms with Crippen molar-refractivity contribution in [2.75, 3.05) is 26.5 Å². The Morgan fingerprint density at radius 1 is 1.47 bits per heavy atom. The van der Waals surface area contributed by atoms with Crippen molar-refractivity contribution < 1.29 is 4.74 Å². The Labute approximate surface area is 100 Å². The zero-order valence-corrected chi connectivity index (χ0v) is 10.6. The molecule has 1 aromatic rings. The van der Waals surface area contributed by atoms with Crippen molar-refractivity contribution in [3.05, 3.63) is 29.3 Å². The molecule has 0 fully saturated rings. The van der Waals surface area contributed by atoms with E-state index in [2.05, 4.69) is 5.32 Å². The number of hydrogen-bond donors (Lipinski definition) is 1. The topological polar surface area (TPSA) is 21.3 Å². The van der Waals surface area contributed by atoms with Gasteiger partial charge in [0, 0.05) is 23.8 Å². The normalized spacial score (nSPS) is 12.7. The first kappa shape index (κ1) is 12.8. The molecule has 84 valence electrons. The van der Waals surface area contributed by atoms with Crippen LogP contribution in [0.4, 0.5) is 0 Å². The van der Waals surface area contributed by atoms with Crippen LogP contribution in [0, 0.1) is 0 Å². The second kappa shape index (κ2) is 7.12. The van der Waals surface area contributed by atoms with E-state index in [-0.39, 0.29) is 0 Å². The smallest absolute Gasteiger partial charge is 0.0623 e. The molecule has 0 aromatic heterocycles. The van der Waals surface area contributed by atoms with E-state index in [0.717, 1.165) is 15.7 Å². The van der Waals surface area contributed by atoms with E-state index in [4.69, 9.17) is 16.3 Å². The Morgan fingerprint density at radius 3 is 2.80 bits per heavy atom. The van der Waals surface area contributed by atoms with Crippen LogP contribution in [0.3, 0.4) is 0 Å². The Hall–Kier alpha value is -0.220. The van der Waals surface area contributed by atoms with Crippen LogP contribution in [-0.4, -0.2) is 32.6 Å². The number of likely N-dealkylation sites (N-methyl/N-ethyl adjacent to an activating group) is 1. The van der Waals surface area contributed by atoms with Gasteiger partial charge in [0.15, 0.2) is 0 Å². The molecule has 0 radical (unpaired) electrons. The number of benzene rings is 1. The van der Waals surface area contributed by atoms with Crippen molar-refractivity contribution >= 4 is 23.4 Å². The van der Waals surface area contributed by atoms with Crippen molar-refractivity contribution in [3.8, 4) is 0 Å². The molecular weight excluding hydrogens is 230 g/mol. The van der Waals surface area contributed by atoms with Gasteiger partial charge in [0.2, 0.25) is 0 Å². The molecule has 0 spiro atoms. The van der Waals surface area contributed by atoms with Gasteiger partial charge >= 0.3 is 0 Å². The lowest BCUT2D eigenvalue weighted by molar-refractivity contribution is 0.177. The van der Waals surface area contributed by atoms with Gasteiger partial charge in [0.1, 0.15) is 0 Å². The van der Waals surface area contributed by atoms with E-state index in [0.29, 0.717) is 12.6 Å². The molecule has 1 rings (SSSR count). The van der Waals surface area contributed by atoms with Crippen molar-refractivity contribution in [2.24, 2.45) is 0 Å². The van der Waals surface area contributed by atoms with Gasteiger partial charge in [-0.3, -0.25) is 0 Å². The van der Waals surface area contributed by atoms with Gasteiger partial charge in [-0.1, -0.05) is 23.7 Å². The second-order valence-corrected chi connectivity index (χ2v) is 4.65. The fraction of sp³-hybridized carbons (Fsp3) is 0.455. The predicted molar refractivity (Wildman–Crippen MR) is 66.9 cm³/mol. The molecule has 0 bridgehead atoms. The highest BCUT2D eigenvalue weighted by Gasteiger charge is 2.07. The molecule has 1 aromatic carbocycles. The number of rotatable bonds is 6. The van der Waals surface area contributed by atoms with Crippen LogP contribution in [0.15, 0.2) is 29.2 Å². The molecule has 0 aliphatic rings. The Morgan fingerprint density at radius 2 is 2.20 bits per heavy atom. The fourth-order valence-corrected chi connectivity index (χ4v) is 2.49. The summed E-state index contributed by atoms with van der Waals surface area (Å²) in [6, 6.07) is 8.24. The Bertz CT molecular complexity index is 296. The van der Waals surface area contributed by atoms with Crippen LogP contribution in [-0.2, 0) is 4.74 Å². The number of ether oxygens (including phenoxy) is 1. The predicted octanol–water partition coefficient (Wildman–Crippen LogP) is 2.67. The molecule has 0 saturated carbocycles. The van der Waals surface area contributed by atoms with Gasteiger partial charge in [0.25, 0.3) is 0 Å². The Kier molecular flexibility index (Phi) is 6.10. The molecule has 0 amide bonds. The van der Waals surface area contributed by atoms with Crippen molar-refractivity contribution in [2.45, 2.75) is 10.9 Å². The van der Waals surface area contributed by atoms with E-state index in [1.165, 1.54) is 0 Å². The minimum atomic E-state index is 0.358. The van der Waals surface area contributed by atoms with Crippen LogP contribution in [0.25, 0.3) is 0 Å². The number of thioether (sulfide) groups is 1. The zero-order valence-electron chi connectivity index (χ0n) is 9.00. The largest absolute Gasteiger partial charge is 0.383 e. The summed E-state index contributed by atoms with van der Waals surface area (Å²) in [4.78, 5) is 1.12. The maximum atomic E-state index is 6.06. The van der Waals surface area contributed by atoms with Gasteiger partial charge in [-0.15, -0.1) is 11.8 Å². The first-order chi connectivity index (χ1) is 7.27. The molecule has 0 saturated heterocycles. The molecule has 0 aliphatic carbocycles. The van der Waals surface area contributed by atoms with E-state index in [1.807, 2.05) is 31.3 Å². The maximum absolute atomic E-state index is 6.06. The number of nitrogens with one attached hydrogen (secondary N) is 1. The molecule has 0 heterocycles. The van der Waals surface area contributed by atoms with Crippen molar-refractivity contribution in [1.82, 2.24) is 5.32 Å². The molecule has 0 aliphatic heterocycles.